The van der Waals surface area contributed by atoms with Crippen LogP contribution < -0.4 is 5.32 Å². The highest BCUT2D eigenvalue weighted by atomic mass is 16.3. The van der Waals surface area contributed by atoms with E-state index >= 15 is 0 Å². The molecule has 0 aliphatic rings. The normalized spacial score (nSPS) is 13.9. The molecule has 112 valence electrons. The van der Waals surface area contributed by atoms with E-state index in [4.69, 9.17) is 0 Å². The van der Waals surface area contributed by atoms with Crippen LogP contribution in [0.2, 0.25) is 0 Å². The zero-order valence-electron chi connectivity index (χ0n) is 12.6. The summed E-state index contributed by atoms with van der Waals surface area (Å²) in [5.41, 5.74) is 1.82. The first kappa shape index (κ1) is 14.7. The molecule has 1 aromatic heterocycles. The number of hydrogen-bond donors (Lipinski definition) is 2. The summed E-state index contributed by atoms with van der Waals surface area (Å²) < 4.78 is 0. The largest absolute Gasteiger partial charge is 0.386 e. The van der Waals surface area contributed by atoms with Gasteiger partial charge in [0, 0.05) is 18.7 Å². The van der Waals surface area contributed by atoms with E-state index < -0.39 is 6.10 Å². The Bertz CT molecular complexity index is 743. The van der Waals surface area contributed by atoms with E-state index in [1.165, 1.54) is 10.8 Å². The number of fused-ring (bicyclic) bond motifs is 1. The standard InChI is InChI=1S/C19H20N2O/c1-20-13-17(19(22)18-8-4-5-11-21-18)16-10-9-14-6-2-3-7-15(14)12-16/h2-12,17,19-20,22H,13H2,1H3/t17-,19-/m0/s1. The van der Waals surface area contributed by atoms with Gasteiger partial charge in [-0.2, -0.15) is 0 Å². The summed E-state index contributed by atoms with van der Waals surface area (Å²) in [5.74, 6) is -0.0375. The van der Waals surface area contributed by atoms with Crippen LogP contribution in [-0.2, 0) is 0 Å². The van der Waals surface area contributed by atoms with Crippen molar-refractivity contribution in [1.29, 1.82) is 0 Å². The van der Waals surface area contributed by atoms with Crippen molar-refractivity contribution < 1.29 is 5.11 Å². The molecule has 0 spiro atoms. The third kappa shape index (κ3) is 3.01. The van der Waals surface area contributed by atoms with Gasteiger partial charge in [-0.15, -0.1) is 0 Å². The van der Waals surface area contributed by atoms with Gasteiger partial charge in [0.05, 0.1) is 5.69 Å². The predicted octanol–water partition coefficient (Wildman–Crippen LogP) is 3.27. The number of aliphatic hydroxyl groups excluding tert-OH is 1. The van der Waals surface area contributed by atoms with Crippen LogP contribution in [0.3, 0.4) is 0 Å². The zero-order valence-corrected chi connectivity index (χ0v) is 12.6. The van der Waals surface area contributed by atoms with Crippen molar-refractivity contribution in [3.8, 4) is 0 Å². The van der Waals surface area contributed by atoms with Crippen LogP contribution in [0.1, 0.15) is 23.3 Å². The van der Waals surface area contributed by atoms with Crippen molar-refractivity contribution in [3.05, 3.63) is 78.1 Å². The summed E-state index contributed by atoms with van der Waals surface area (Å²) in [7, 11) is 1.90. The van der Waals surface area contributed by atoms with Gasteiger partial charge in [-0.3, -0.25) is 4.98 Å². The number of benzene rings is 2. The topological polar surface area (TPSA) is 45.1 Å². The number of rotatable bonds is 5. The number of hydrogen-bond acceptors (Lipinski definition) is 3. The molecule has 0 saturated heterocycles. The van der Waals surface area contributed by atoms with Crippen LogP contribution in [0, 0.1) is 0 Å². The highest BCUT2D eigenvalue weighted by Crippen LogP contribution is 2.31. The second-order valence-electron chi connectivity index (χ2n) is 5.47. The average molecular weight is 292 g/mol. The lowest BCUT2D eigenvalue weighted by atomic mass is 9.89. The van der Waals surface area contributed by atoms with E-state index in [-0.39, 0.29) is 5.92 Å². The van der Waals surface area contributed by atoms with Crippen LogP contribution in [0.4, 0.5) is 0 Å². The summed E-state index contributed by atoms with van der Waals surface area (Å²) >= 11 is 0. The van der Waals surface area contributed by atoms with Gasteiger partial charge in [0.25, 0.3) is 0 Å². The fourth-order valence-corrected chi connectivity index (χ4v) is 2.83. The second kappa shape index (κ2) is 6.69. The number of nitrogens with one attached hydrogen (secondary N) is 1. The Morgan fingerprint density at radius 3 is 2.50 bits per heavy atom. The molecule has 22 heavy (non-hydrogen) atoms. The van der Waals surface area contributed by atoms with Crippen molar-refractivity contribution in [2.24, 2.45) is 0 Å². The quantitative estimate of drug-likeness (QED) is 0.758. The van der Waals surface area contributed by atoms with Gasteiger partial charge >= 0.3 is 0 Å². The Labute approximate surface area is 130 Å². The van der Waals surface area contributed by atoms with Crippen LogP contribution in [-0.4, -0.2) is 23.7 Å². The molecule has 0 aliphatic heterocycles. The van der Waals surface area contributed by atoms with Gasteiger partial charge in [0.2, 0.25) is 0 Å². The van der Waals surface area contributed by atoms with Crippen molar-refractivity contribution in [2.75, 3.05) is 13.6 Å². The summed E-state index contributed by atoms with van der Waals surface area (Å²) in [5, 5.41) is 16.3. The fourth-order valence-electron chi connectivity index (χ4n) is 2.83. The molecule has 0 amide bonds. The highest BCUT2D eigenvalue weighted by molar-refractivity contribution is 5.83. The Morgan fingerprint density at radius 2 is 1.77 bits per heavy atom. The molecule has 3 rings (SSSR count). The molecule has 2 aromatic carbocycles. The van der Waals surface area contributed by atoms with Crippen LogP contribution >= 0.6 is 0 Å². The van der Waals surface area contributed by atoms with Gasteiger partial charge < -0.3 is 10.4 Å². The summed E-state index contributed by atoms with van der Waals surface area (Å²) in [6.07, 6.45) is 1.09. The first-order valence-electron chi connectivity index (χ1n) is 7.52. The highest BCUT2D eigenvalue weighted by Gasteiger charge is 2.23. The van der Waals surface area contributed by atoms with Gasteiger partial charge in [0.15, 0.2) is 0 Å². The first-order chi connectivity index (χ1) is 10.8. The number of likely N-dealkylation sites (N-methyl/N-ethyl adjacent to an activating group) is 1. The van der Waals surface area contributed by atoms with Gasteiger partial charge in [-0.25, -0.2) is 0 Å². The molecule has 0 saturated carbocycles. The van der Waals surface area contributed by atoms with Gasteiger partial charge in [-0.05, 0) is 35.5 Å². The Morgan fingerprint density at radius 1 is 1.00 bits per heavy atom. The Balaban J connectivity index is 1.98. The van der Waals surface area contributed by atoms with Crippen LogP contribution in [0.25, 0.3) is 10.8 Å². The Hall–Kier alpha value is -2.23. The maximum absolute atomic E-state index is 10.7. The van der Waals surface area contributed by atoms with Crippen molar-refractivity contribution in [3.63, 3.8) is 0 Å². The lowest BCUT2D eigenvalue weighted by Gasteiger charge is -2.23. The molecule has 1 heterocycles. The number of pyridine rings is 1. The molecule has 3 heteroatoms. The van der Waals surface area contributed by atoms with Crippen LogP contribution in [0.15, 0.2) is 66.9 Å². The third-order valence-corrected chi connectivity index (χ3v) is 4.00. The minimum absolute atomic E-state index is 0.0375. The first-order valence-corrected chi connectivity index (χ1v) is 7.52. The molecule has 3 nitrogen and oxygen atoms in total. The maximum atomic E-state index is 10.7. The van der Waals surface area contributed by atoms with Crippen molar-refractivity contribution >= 4 is 10.8 Å². The third-order valence-electron chi connectivity index (χ3n) is 4.00. The SMILES string of the molecule is CNC[C@@H](c1ccc2ccccc2c1)[C@H](O)c1ccccn1. The van der Waals surface area contributed by atoms with Crippen molar-refractivity contribution in [1.82, 2.24) is 10.3 Å². The second-order valence-corrected chi connectivity index (χ2v) is 5.47. The molecular formula is C19H20N2O. The van der Waals surface area contributed by atoms with Gasteiger partial charge in [0.1, 0.15) is 6.10 Å². The lowest BCUT2D eigenvalue weighted by molar-refractivity contribution is 0.140. The molecule has 0 unspecified atom stereocenters. The summed E-state index contributed by atoms with van der Waals surface area (Å²) in [6, 6.07) is 20.3. The van der Waals surface area contributed by atoms with E-state index in [1.54, 1.807) is 6.20 Å². The molecule has 3 aromatic rings. The minimum atomic E-state index is -0.630. The van der Waals surface area contributed by atoms with E-state index in [0.29, 0.717) is 12.2 Å². The molecule has 0 aliphatic carbocycles. The molecule has 2 atom stereocenters. The molecule has 2 N–H and O–H groups in total. The number of nitrogens with zero attached hydrogens (tertiary/aromatic N) is 1. The zero-order chi connectivity index (χ0) is 15.4. The number of aromatic nitrogens is 1. The maximum Gasteiger partial charge on any atom is 0.104 e. The average Bonchev–Trinajstić information content (AvgIpc) is 2.59. The van der Waals surface area contributed by atoms with E-state index in [0.717, 1.165) is 5.56 Å². The van der Waals surface area contributed by atoms with E-state index in [2.05, 4.69) is 40.6 Å². The smallest absolute Gasteiger partial charge is 0.104 e. The lowest BCUT2D eigenvalue weighted by Crippen LogP contribution is -2.23. The van der Waals surface area contributed by atoms with Crippen molar-refractivity contribution in [2.45, 2.75) is 12.0 Å². The molecular weight excluding hydrogens is 272 g/mol. The number of aliphatic hydroxyl groups is 1. The molecule has 0 fully saturated rings. The van der Waals surface area contributed by atoms with E-state index in [1.807, 2.05) is 37.4 Å². The van der Waals surface area contributed by atoms with Crippen LogP contribution in [0.5, 0.6) is 0 Å². The minimum Gasteiger partial charge on any atom is -0.386 e. The molecule has 0 radical (unpaired) electrons. The summed E-state index contributed by atoms with van der Waals surface area (Å²) in [4.78, 5) is 4.29. The summed E-state index contributed by atoms with van der Waals surface area (Å²) in [6.45, 7) is 0.691. The molecule has 0 bridgehead atoms. The predicted molar refractivity (Wildman–Crippen MR) is 89.8 cm³/mol. The fraction of sp³-hybridized carbons (Fsp3) is 0.211. The van der Waals surface area contributed by atoms with Gasteiger partial charge in [-0.1, -0.05) is 48.5 Å². The van der Waals surface area contributed by atoms with E-state index in [9.17, 15) is 5.11 Å². The monoisotopic (exact) mass is 292 g/mol. The Kier molecular flexibility index (Phi) is 4.47.